The summed E-state index contributed by atoms with van der Waals surface area (Å²) in [4.78, 5) is 0. The van der Waals surface area contributed by atoms with E-state index in [-0.39, 0.29) is 11.6 Å². The van der Waals surface area contributed by atoms with Crippen LogP contribution < -0.4 is 10.5 Å². The predicted octanol–water partition coefficient (Wildman–Crippen LogP) is 1.87. The van der Waals surface area contributed by atoms with Crippen molar-refractivity contribution in [2.75, 3.05) is 14.2 Å². The van der Waals surface area contributed by atoms with E-state index in [1.165, 1.54) is 6.42 Å². The first-order valence-corrected chi connectivity index (χ1v) is 6.56. The van der Waals surface area contributed by atoms with Gasteiger partial charge >= 0.3 is 0 Å². The van der Waals surface area contributed by atoms with Gasteiger partial charge in [-0.2, -0.15) is 5.10 Å². The van der Waals surface area contributed by atoms with Gasteiger partial charge in [0.2, 0.25) is 0 Å². The summed E-state index contributed by atoms with van der Waals surface area (Å²) in [5, 5.41) is 4.30. The molecule has 1 aromatic heterocycles. The summed E-state index contributed by atoms with van der Waals surface area (Å²) >= 11 is 0. The van der Waals surface area contributed by atoms with Crippen molar-refractivity contribution in [3.8, 4) is 5.75 Å². The van der Waals surface area contributed by atoms with E-state index in [0.717, 1.165) is 37.3 Å². The maximum Gasteiger partial charge on any atom is 0.161 e. The maximum atomic E-state index is 6.34. The summed E-state index contributed by atoms with van der Waals surface area (Å²) in [5.74, 6) is 0.773. The second-order valence-corrected chi connectivity index (χ2v) is 4.97. The second kappa shape index (κ2) is 5.28. The Morgan fingerprint density at radius 1 is 1.50 bits per heavy atom. The lowest BCUT2D eigenvalue weighted by Gasteiger charge is -2.42. The van der Waals surface area contributed by atoms with Crippen LogP contribution in [0.3, 0.4) is 0 Å². The molecule has 0 amide bonds. The Morgan fingerprint density at radius 3 is 2.67 bits per heavy atom. The average molecular weight is 253 g/mol. The zero-order valence-electron chi connectivity index (χ0n) is 11.5. The highest BCUT2D eigenvalue weighted by molar-refractivity contribution is 5.28. The van der Waals surface area contributed by atoms with Crippen LogP contribution in [0.5, 0.6) is 5.75 Å². The van der Waals surface area contributed by atoms with Crippen LogP contribution in [-0.2, 0) is 11.3 Å². The van der Waals surface area contributed by atoms with E-state index in [2.05, 4.69) is 12.0 Å². The Labute approximate surface area is 108 Å². The van der Waals surface area contributed by atoms with Crippen molar-refractivity contribution >= 4 is 0 Å². The molecule has 1 saturated carbocycles. The van der Waals surface area contributed by atoms with Gasteiger partial charge in [0.1, 0.15) is 0 Å². The third-order valence-electron chi connectivity index (χ3n) is 4.01. The minimum atomic E-state index is -0.0948. The smallest absolute Gasteiger partial charge is 0.161 e. The molecule has 102 valence electrons. The van der Waals surface area contributed by atoms with Crippen LogP contribution >= 0.6 is 0 Å². The van der Waals surface area contributed by atoms with E-state index in [1.807, 2.05) is 4.68 Å². The SMILES string of the molecule is CCn1ncc(OC)c1C(N)CC1(OC)CCC1. The Bertz CT molecular complexity index is 372. The molecule has 0 aromatic carbocycles. The third-order valence-corrected chi connectivity index (χ3v) is 4.01. The predicted molar refractivity (Wildman–Crippen MR) is 69.6 cm³/mol. The summed E-state index contributed by atoms with van der Waals surface area (Å²) in [6, 6.07) is -0.0948. The van der Waals surface area contributed by atoms with E-state index in [4.69, 9.17) is 15.2 Å². The summed E-state index contributed by atoms with van der Waals surface area (Å²) in [6.45, 7) is 2.85. The fraction of sp³-hybridized carbons (Fsp3) is 0.769. The average Bonchev–Trinajstić information content (AvgIpc) is 2.76. The fourth-order valence-corrected chi connectivity index (χ4v) is 2.72. The van der Waals surface area contributed by atoms with Gasteiger partial charge in [0.15, 0.2) is 5.75 Å². The van der Waals surface area contributed by atoms with Gasteiger partial charge in [-0.05, 0) is 32.6 Å². The molecule has 0 bridgehead atoms. The fourth-order valence-electron chi connectivity index (χ4n) is 2.72. The highest BCUT2D eigenvalue weighted by Crippen LogP contribution is 2.42. The molecule has 1 fully saturated rings. The van der Waals surface area contributed by atoms with E-state index >= 15 is 0 Å². The molecule has 1 heterocycles. The first kappa shape index (κ1) is 13.4. The van der Waals surface area contributed by atoms with Crippen LogP contribution in [0, 0.1) is 0 Å². The maximum absolute atomic E-state index is 6.34. The van der Waals surface area contributed by atoms with E-state index in [0.29, 0.717) is 0 Å². The Hall–Kier alpha value is -1.07. The van der Waals surface area contributed by atoms with Crippen LogP contribution in [0.25, 0.3) is 0 Å². The molecule has 1 aliphatic rings. The molecular formula is C13H23N3O2. The van der Waals surface area contributed by atoms with Gasteiger partial charge in [0, 0.05) is 13.7 Å². The number of aromatic nitrogens is 2. The van der Waals surface area contributed by atoms with Crippen LogP contribution in [0.4, 0.5) is 0 Å². The molecular weight excluding hydrogens is 230 g/mol. The van der Waals surface area contributed by atoms with Crippen molar-refractivity contribution in [1.29, 1.82) is 0 Å². The van der Waals surface area contributed by atoms with E-state index in [1.54, 1.807) is 20.4 Å². The Kier molecular flexibility index (Phi) is 3.92. The van der Waals surface area contributed by atoms with Crippen molar-refractivity contribution in [2.45, 2.75) is 50.8 Å². The van der Waals surface area contributed by atoms with E-state index < -0.39 is 0 Å². The van der Waals surface area contributed by atoms with Crippen molar-refractivity contribution in [3.63, 3.8) is 0 Å². The standard InChI is InChI=1S/C13H23N3O2/c1-4-16-12(11(17-2)9-15-16)10(14)8-13(18-3)6-5-7-13/h9-10H,4-8,14H2,1-3H3. The van der Waals surface area contributed by atoms with Gasteiger partial charge in [0.25, 0.3) is 0 Å². The molecule has 18 heavy (non-hydrogen) atoms. The molecule has 0 radical (unpaired) electrons. The van der Waals surface area contributed by atoms with Gasteiger partial charge in [-0.25, -0.2) is 0 Å². The number of methoxy groups -OCH3 is 2. The minimum Gasteiger partial charge on any atom is -0.493 e. The molecule has 5 nitrogen and oxygen atoms in total. The van der Waals surface area contributed by atoms with Crippen LogP contribution in [-0.4, -0.2) is 29.6 Å². The van der Waals surface area contributed by atoms with Crippen molar-refractivity contribution < 1.29 is 9.47 Å². The second-order valence-electron chi connectivity index (χ2n) is 4.97. The number of rotatable bonds is 6. The molecule has 1 unspecified atom stereocenters. The highest BCUT2D eigenvalue weighted by atomic mass is 16.5. The normalized spacial score (nSPS) is 19.3. The number of nitrogens with two attached hydrogens (primary N) is 1. The zero-order chi connectivity index (χ0) is 13.2. The van der Waals surface area contributed by atoms with E-state index in [9.17, 15) is 0 Å². The summed E-state index contributed by atoms with van der Waals surface area (Å²) in [7, 11) is 3.43. The van der Waals surface area contributed by atoms with Gasteiger partial charge < -0.3 is 15.2 Å². The molecule has 0 aliphatic heterocycles. The lowest BCUT2D eigenvalue weighted by Crippen LogP contribution is -2.42. The molecule has 5 heteroatoms. The Morgan fingerprint density at radius 2 is 2.22 bits per heavy atom. The number of hydrogen-bond acceptors (Lipinski definition) is 4. The molecule has 2 N–H and O–H groups in total. The summed E-state index contributed by atoms with van der Waals surface area (Å²) < 4.78 is 12.9. The molecule has 0 saturated heterocycles. The quantitative estimate of drug-likeness (QED) is 0.840. The molecule has 1 aromatic rings. The molecule has 1 atom stereocenters. The van der Waals surface area contributed by atoms with Crippen LogP contribution in [0.1, 0.15) is 44.3 Å². The third kappa shape index (κ3) is 2.24. The zero-order valence-corrected chi connectivity index (χ0v) is 11.5. The van der Waals surface area contributed by atoms with Crippen LogP contribution in [0.2, 0.25) is 0 Å². The Balaban J connectivity index is 2.17. The number of ether oxygens (including phenoxy) is 2. The lowest BCUT2D eigenvalue weighted by atomic mass is 9.75. The number of nitrogens with zero attached hydrogens (tertiary/aromatic N) is 2. The first-order chi connectivity index (χ1) is 8.65. The van der Waals surface area contributed by atoms with Gasteiger partial charge in [-0.15, -0.1) is 0 Å². The molecule has 0 spiro atoms. The minimum absolute atomic E-state index is 0.0345. The summed E-state index contributed by atoms with van der Waals surface area (Å²) in [6.07, 6.45) is 5.98. The number of hydrogen-bond donors (Lipinski definition) is 1. The molecule has 2 rings (SSSR count). The van der Waals surface area contributed by atoms with Gasteiger partial charge in [0.05, 0.1) is 30.6 Å². The highest BCUT2D eigenvalue weighted by Gasteiger charge is 2.39. The largest absolute Gasteiger partial charge is 0.493 e. The van der Waals surface area contributed by atoms with Crippen molar-refractivity contribution in [3.05, 3.63) is 11.9 Å². The first-order valence-electron chi connectivity index (χ1n) is 6.56. The van der Waals surface area contributed by atoms with Gasteiger partial charge in [-0.3, -0.25) is 4.68 Å². The topological polar surface area (TPSA) is 62.3 Å². The van der Waals surface area contributed by atoms with Gasteiger partial charge in [-0.1, -0.05) is 0 Å². The summed E-state index contributed by atoms with van der Waals surface area (Å²) in [5.41, 5.74) is 7.28. The van der Waals surface area contributed by atoms with Crippen LogP contribution in [0.15, 0.2) is 6.20 Å². The van der Waals surface area contributed by atoms with Crippen molar-refractivity contribution in [1.82, 2.24) is 9.78 Å². The van der Waals surface area contributed by atoms with Crippen molar-refractivity contribution in [2.24, 2.45) is 5.73 Å². The monoisotopic (exact) mass is 253 g/mol. The molecule has 1 aliphatic carbocycles. The lowest BCUT2D eigenvalue weighted by molar-refractivity contribution is -0.0821. The number of aryl methyl sites for hydroxylation is 1.